The molecule has 0 saturated carbocycles. The van der Waals surface area contributed by atoms with Crippen molar-refractivity contribution in [2.45, 2.75) is 19.8 Å². The van der Waals surface area contributed by atoms with E-state index in [1.807, 2.05) is 23.9 Å². The molecule has 1 aliphatic rings. The van der Waals surface area contributed by atoms with Crippen LogP contribution in [-0.4, -0.2) is 27.1 Å². The average Bonchev–Trinajstić information content (AvgIpc) is 3.30. The first-order valence-electron chi connectivity index (χ1n) is 9.91. The predicted molar refractivity (Wildman–Crippen MR) is 117 cm³/mol. The number of anilines is 2. The molecule has 0 bridgehead atoms. The van der Waals surface area contributed by atoms with Crippen LogP contribution in [0.25, 0.3) is 11.4 Å². The quantitative estimate of drug-likeness (QED) is 0.609. The Labute approximate surface area is 183 Å². The molecule has 164 valence electrons. The highest BCUT2D eigenvalue weighted by molar-refractivity contribution is 6.28. The number of benzene rings is 2. The summed E-state index contributed by atoms with van der Waals surface area (Å²) < 4.78 is 29.0. The van der Waals surface area contributed by atoms with E-state index in [1.165, 1.54) is 29.3 Å². The van der Waals surface area contributed by atoms with Crippen LogP contribution >= 0.6 is 0 Å². The van der Waals surface area contributed by atoms with Crippen LogP contribution < -0.4 is 10.3 Å². The molecule has 1 aliphatic heterocycles. The Morgan fingerprint density at radius 2 is 1.91 bits per heavy atom. The zero-order valence-electron chi connectivity index (χ0n) is 17.7. The summed E-state index contributed by atoms with van der Waals surface area (Å²) in [6, 6.07) is 12.5. The molecule has 32 heavy (non-hydrogen) atoms. The normalized spacial score (nSPS) is 16.3. The molecule has 1 unspecified atom stereocenters. The first kappa shape index (κ1) is 21.4. The maximum atomic E-state index is 13.6. The van der Waals surface area contributed by atoms with E-state index in [0.29, 0.717) is 11.4 Å². The van der Waals surface area contributed by atoms with E-state index in [4.69, 9.17) is 0 Å². The number of carbonyl (C=O) groups excluding carboxylic acids is 2. The SMILES string of the molecule is CC1=NN(c2cccc(-c3nccn3C)c2)C(=O)C1C(=O)Nc1cccc(C(C)(F)F)c1. The molecule has 1 aromatic heterocycles. The molecule has 2 aromatic carbocycles. The number of carbonyl (C=O) groups is 2. The highest BCUT2D eigenvalue weighted by atomic mass is 19.3. The molecule has 2 amide bonds. The van der Waals surface area contributed by atoms with E-state index >= 15 is 0 Å². The number of hydrazone groups is 1. The lowest BCUT2D eigenvalue weighted by molar-refractivity contribution is -0.127. The maximum Gasteiger partial charge on any atom is 0.270 e. The van der Waals surface area contributed by atoms with Crippen LogP contribution in [0, 0.1) is 5.92 Å². The van der Waals surface area contributed by atoms with Gasteiger partial charge in [-0.3, -0.25) is 9.59 Å². The molecule has 7 nitrogen and oxygen atoms in total. The van der Waals surface area contributed by atoms with Gasteiger partial charge < -0.3 is 9.88 Å². The molecule has 2 heterocycles. The van der Waals surface area contributed by atoms with E-state index in [0.717, 1.165) is 18.3 Å². The van der Waals surface area contributed by atoms with Gasteiger partial charge in [-0.15, -0.1) is 0 Å². The number of nitrogens with one attached hydrogen (secondary N) is 1. The minimum absolute atomic E-state index is 0.185. The van der Waals surface area contributed by atoms with Crippen LogP contribution in [0.2, 0.25) is 0 Å². The largest absolute Gasteiger partial charge is 0.334 e. The van der Waals surface area contributed by atoms with Crippen molar-refractivity contribution in [3.8, 4) is 11.4 Å². The summed E-state index contributed by atoms with van der Waals surface area (Å²) in [7, 11) is 1.86. The van der Waals surface area contributed by atoms with Crippen molar-refractivity contribution in [2.75, 3.05) is 10.3 Å². The van der Waals surface area contributed by atoms with Crippen molar-refractivity contribution in [3.63, 3.8) is 0 Å². The van der Waals surface area contributed by atoms with E-state index in [1.54, 1.807) is 31.3 Å². The Balaban J connectivity index is 1.55. The summed E-state index contributed by atoms with van der Waals surface area (Å²) in [4.78, 5) is 30.2. The molecule has 1 N–H and O–H groups in total. The first-order valence-corrected chi connectivity index (χ1v) is 9.91. The van der Waals surface area contributed by atoms with Crippen molar-refractivity contribution >= 4 is 28.9 Å². The Bertz CT molecular complexity index is 1230. The van der Waals surface area contributed by atoms with Gasteiger partial charge in [0, 0.05) is 43.2 Å². The topological polar surface area (TPSA) is 79.6 Å². The maximum absolute atomic E-state index is 13.6. The van der Waals surface area contributed by atoms with Gasteiger partial charge in [0.05, 0.1) is 11.4 Å². The van der Waals surface area contributed by atoms with Gasteiger partial charge in [-0.25, -0.2) is 13.8 Å². The number of hydrogen-bond acceptors (Lipinski definition) is 4. The smallest absolute Gasteiger partial charge is 0.270 e. The number of aromatic nitrogens is 2. The second kappa shape index (κ2) is 7.99. The number of alkyl halides is 2. The molecule has 4 rings (SSSR count). The first-order chi connectivity index (χ1) is 15.1. The zero-order chi connectivity index (χ0) is 23.0. The van der Waals surface area contributed by atoms with Crippen LogP contribution in [0.5, 0.6) is 0 Å². The van der Waals surface area contributed by atoms with Crippen molar-refractivity contribution in [1.82, 2.24) is 9.55 Å². The average molecular weight is 437 g/mol. The van der Waals surface area contributed by atoms with Crippen LogP contribution in [0.3, 0.4) is 0 Å². The summed E-state index contributed by atoms with van der Waals surface area (Å²) in [6.07, 6.45) is 3.49. The minimum Gasteiger partial charge on any atom is -0.334 e. The summed E-state index contributed by atoms with van der Waals surface area (Å²) in [5, 5.41) is 8.02. The molecule has 1 atom stereocenters. The third-order valence-corrected chi connectivity index (χ3v) is 5.20. The van der Waals surface area contributed by atoms with Crippen LogP contribution in [-0.2, 0) is 22.6 Å². The van der Waals surface area contributed by atoms with Gasteiger partial charge in [-0.2, -0.15) is 10.1 Å². The predicted octanol–water partition coefficient (Wildman–Crippen LogP) is 4.18. The fraction of sp³-hybridized carbons (Fsp3) is 0.217. The number of imidazole rings is 1. The number of hydrogen-bond donors (Lipinski definition) is 1. The second-order valence-electron chi connectivity index (χ2n) is 7.69. The van der Waals surface area contributed by atoms with Crippen molar-refractivity contribution in [1.29, 1.82) is 0 Å². The van der Waals surface area contributed by atoms with E-state index in [-0.39, 0.29) is 11.3 Å². The second-order valence-corrected chi connectivity index (χ2v) is 7.69. The van der Waals surface area contributed by atoms with Gasteiger partial charge in [0.15, 0.2) is 5.92 Å². The van der Waals surface area contributed by atoms with Gasteiger partial charge in [-0.1, -0.05) is 24.3 Å². The molecular weight excluding hydrogens is 416 g/mol. The van der Waals surface area contributed by atoms with Gasteiger partial charge in [0.1, 0.15) is 5.82 Å². The van der Waals surface area contributed by atoms with E-state index < -0.39 is 23.7 Å². The summed E-state index contributed by atoms with van der Waals surface area (Å²) >= 11 is 0. The number of halogens is 2. The van der Waals surface area contributed by atoms with Crippen LogP contribution in [0.15, 0.2) is 66.0 Å². The Morgan fingerprint density at radius 3 is 2.59 bits per heavy atom. The number of rotatable bonds is 5. The molecule has 0 aliphatic carbocycles. The highest BCUT2D eigenvalue weighted by Gasteiger charge is 2.40. The number of aryl methyl sites for hydroxylation is 1. The zero-order valence-corrected chi connectivity index (χ0v) is 17.7. The molecule has 9 heteroatoms. The summed E-state index contributed by atoms with van der Waals surface area (Å²) in [5.74, 6) is -4.63. The van der Waals surface area contributed by atoms with Gasteiger partial charge in [0.25, 0.3) is 11.8 Å². The Morgan fingerprint density at radius 1 is 1.16 bits per heavy atom. The minimum atomic E-state index is -3.05. The highest BCUT2D eigenvalue weighted by Crippen LogP contribution is 2.30. The third kappa shape index (κ3) is 4.01. The number of amides is 2. The lowest BCUT2D eigenvalue weighted by atomic mass is 10.0. The van der Waals surface area contributed by atoms with Gasteiger partial charge in [0.2, 0.25) is 5.91 Å². The van der Waals surface area contributed by atoms with Crippen molar-refractivity contribution < 1.29 is 18.4 Å². The molecule has 0 fully saturated rings. The number of nitrogens with zero attached hydrogens (tertiary/aromatic N) is 4. The van der Waals surface area contributed by atoms with Crippen molar-refractivity contribution in [2.24, 2.45) is 18.1 Å². The molecular formula is C23H21F2N5O2. The lowest BCUT2D eigenvalue weighted by Crippen LogP contribution is -2.36. The summed E-state index contributed by atoms with van der Waals surface area (Å²) in [5.41, 5.74) is 1.56. The molecule has 0 spiro atoms. The lowest BCUT2D eigenvalue weighted by Gasteiger charge is -2.16. The van der Waals surface area contributed by atoms with Gasteiger partial charge in [-0.05, 0) is 31.2 Å². The van der Waals surface area contributed by atoms with Gasteiger partial charge >= 0.3 is 0 Å². The Hall–Kier alpha value is -3.88. The standard InChI is InChI=1S/C23H21F2N5O2/c1-14-19(21(31)27-17-8-5-7-16(13-17)23(2,24)25)22(32)30(28-14)18-9-4-6-15(12-18)20-26-10-11-29(20)3/h4-13,19H,1-3H3,(H,27,31). The van der Waals surface area contributed by atoms with Crippen LogP contribution in [0.4, 0.5) is 20.2 Å². The van der Waals surface area contributed by atoms with Crippen molar-refractivity contribution in [3.05, 3.63) is 66.5 Å². The fourth-order valence-corrected chi connectivity index (χ4v) is 3.56. The van der Waals surface area contributed by atoms with E-state index in [2.05, 4.69) is 15.4 Å². The molecule has 3 aromatic rings. The summed E-state index contributed by atoms with van der Waals surface area (Å²) in [6.45, 7) is 2.36. The monoisotopic (exact) mass is 437 g/mol. The molecule has 0 radical (unpaired) electrons. The Kier molecular flexibility index (Phi) is 5.33. The molecule has 0 saturated heterocycles. The fourth-order valence-electron chi connectivity index (χ4n) is 3.56. The van der Waals surface area contributed by atoms with E-state index in [9.17, 15) is 18.4 Å². The van der Waals surface area contributed by atoms with Crippen LogP contribution in [0.1, 0.15) is 19.4 Å². The third-order valence-electron chi connectivity index (χ3n) is 5.20.